The number of nitrogens with zero attached hydrogens (tertiary/aromatic N) is 4. The molecule has 2 aliphatic heterocycles. The monoisotopic (exact) mass is 518 g/mol. The predicted octanol–water partition coefficient (Wildman–Crippen LogP) is 3.68. The third kappa shape index (κ3) is 5.97. The number of anilines is 1. The second-order valence-electron chi connectivity index (χ2n) is 8.85. The van der Waals surface area contributed by atoms with Gasteiger partial charge in [-0.05, 0) is 52.2 Å². The molecule has 0 aliphatic carbocycles. The van der Waals surface area contributed by atoms with Crippen molar-refractivity contribution in [1.29, 1.82) is 5.26 Å². The van der Waals surface area contributed by atoms with Crippen LogP contribution in [0.1, 0.15) is 57.2 Å². The quantitative estimate of drug-likeness (QED) is 0.278. The van der Waals surface area contributed by atoms with E-state index in [-0.39, 0.29) is 29.2 Å². The molecule has 1 aromatic rings. The SMILES string of the molecule is CCCn1c(N2CC(C)OC(C)C2)c(/C=C2/SC(=S)N(CCCOCC)C2=O)c(C)c(C#N)c1=O. The number of pyridine rings is 1. The zero-order valence-electron chi connectivity index (χ0n) is 21.1. The molecule has 8 nitrogen and oxygen atoms in total. The van der Waals surface area contributed by atoms with Gasteiger partial charge in [-0.15, -0.1) is 0 Å². The first-order valence-corrected chi connectivity index (χ1v) is 13.4. The number of thioether (sulfide) groups is 1. The molecule has 0 spiro atoms. The Morgan fingerprint density at radius 2 is 1.91 bits per heavy atom. The van der Waals surface area contributed by atoms with Crippen LogP contribution in [0.4, 0.5) is 5.82 Å². The van der Waals surface area contributed by atoms with E-state index in [2.05, 4.69) is 11.0 Å². The first-order valence-electron chi connectivity index (χ1n) is 12.1. The minimum absolute atomic E-state index is 0.0173. The lowest BCUT2D eigenvalue weighted by molar-refractivity contribution is -0.122. The Morgan fingerprint density at radius 3 is 2.51 bits per heavy atom. The van der Waals surface area contributed by atoms with Gasteiger partial charge in [0.15, 0.2) is 0 Å². The Balaban J connectivity index is 2.12. The highest BCUT2D eigenvalue weighted by Crippen LogP contribution is 2.36. The van der Waals surface area contributed by atoms with Gasteiger partial charge < -0.3 is 14.4 Å². The van der Waals surface area contributed by atoms with Crippen LogP contribution in [0.15, 0.2) is 9.70 Å². The summed E-state index contributed by atoms with van der Waals surface area (Å²) in [5.41, 5.74) is 1.10. The van der Waals surface area contributed by atoms with Gasteiger partial charge in [0.1, 0.15) is 21.8 Å². The standard InChI is InChI=1S/C25H34N4O4S2/c1-6-9-28-22(27-14-16(3)33-17(4)15-27)19(18(5)20(13-26)23(28)30)12-21-24(31)29(25(34)35-21)10-8-11-32-7-2/h12,16-17H,6-11,14-15H2,1-5H3/b21-12+. The van der Waals surface area contributed by atoms with Crippen molar-refractivity contribution < 1.29 is 14.3 Å². The lowest BCUT2D eigenvalue weighted by atomic mass is 10.0. The molecule has 10 heteroatoms. The largest absolute Gasteiger partial charge is 0.382 e. The van der Waals surface area contributed by atoms with Crippen molar-refractivity contribution in [3.05, 3.63) is 31.9 Å². The van der Waals surface area contributed by atoms with Gasteiger partial charge in [-0.25, -0.2) is 0 Å². The first-order chi connectivity index (χ1) is 16.7. The second kappa shape index (κ2) is 12.2. The average molecular weight is 519 g/mol. The van der Waals surface area contributed by atoms with Crippen LogP contribution < -0.4 is 10.5 Å². The Morgan fingerprint density at radius 1 is 1.23 bits per heavy atom. The Kier molecular flexibility index (Phi) is 9.53. The molecule has 0 aromatic carbocycles. The minimum Gasteiger partial charge on any atom is -0.382 e. The maximum Gasteiger partial charge on any atom is 0.270 e. The Bertz CT molecular complexity index is 1100. The fourth-order valence-electron chi connectivity index (χ4n) is 4.56. The van der Waals surface area contributed by atoms with Gasteiger partial charge in [0, 0.05) is 45.0 Å². The minimum atomic E-state index is -0.297. The van der Waals surface area contributed by atoms with Crippen molar-refractivity contribution in [2.45, 2.75) is 66.2 Å². The number of nitriles is 1. The van der Waals surface area contributed by atoms with Crippen molar-refractivity contribution in [1.82, 2.24) is 9.47 Å². The molecule has 190 valence electrons. The highest BCUT2D eigenvalue weighted by molar-refractivity contribution is 8.26. The zero-order chi connectivity index (χ0) is 25.7. The van der Waals surface area contributed by atoms with E-state index in [1.165, 1.54) is 11.8 Å². The molecule has 3 heterocycles. The van der Waals surface area contributed by atoms with E-state index < -0.39 is 0 Å². The van der Waals surface area contributed by atoms with Crippen LogP contribution in [-0.2, 0) is 20.8 Å². The normalized spacial score (nSPS) is 21.8. The van der Waals surface area contributed by atoms with Gasteiger partial charge in [-0.1, -0.05) is 30.9 Å². The van der Waals surface area contributed by atoms with Crippen molar-refractivity contribution in [3.8, 4) is 6.07 Å². The highest BCUT2D eigenvalue weighted by Gasteiger charge is 2.34. The molecule has 0 N–H and O–H groups in total. The average Bonchev–Trinajstić information content (AvgIpc) is 3.06. The van der Waals surface area contributed by atoms with Crippen molar-refractivity contribution in [2.24, 2.45) is 0 Å². The first kappa shape index (κ1) is 27.4. The van der Waals surface area contributed by atoms with Gasteiger partial charge in [-0.3, -0.25) is 19.1 Å². The molecule has 0 saturated carbocycles. The van der Waals surface area contributed by atoms with E-state index >= 15 is 0 Å². The number of hydrogen-bond donors (Lipinski definition) is 0. The summed E-state index contributed by atoms with van der Waals surface area (Å²) in [6.45, 7) is 13.1. The molecule has 0 radical (unpaired) electrons. The summed E-state index contributed by atoms with van der Waals surface area (Å²) in [7, 11) is 0. The highest BCUT2D eigenvalue weighted by atomic mass is 32.2. The summed E-state index contributed by atoms with van der Waals surface area (Å²) in [5.74, 6) is 0.578. The summed E-state index contributed by atoms with van der Waals surface area (Å²) < 4.78 is 13.5. The molecule has 2 aliphatic rings. The number of morpholine rings is 1. The Hall–Kier alpha value is -2.19. The molecule has 35 heavy (non-hydrogen) atoms. The summed E-state index contributed by atoms with van der Waals surface area (Å²) in [6.07, 6.45) is 3.20. The van der Waals surface area contributed by atoms with E-state index in [1.807, 2.05) is 33.8 Å². The lowest BCUT2D eigenvalue weighted by Crippen LogP contribution is -2.48. The van der Waals surface area contributed by atoms with Crippen molar-refractivity contribution in [3.63, 3.8) is 0 Å². The summed E-state index contributed by atoms with van der Waals surface area (Å²) >= 11 is 6.76. The van der Waals surface area contributed by atoms with Gasteiger partial charge in [0.2, 0.25) is 0 Å². The topological polar surface area (TPSA) is 87.8 Å². The molecule has 2 atom stereocenters. The van der Waals surface area contributed by atoms with Crippen LogP contribution in [-0.4, -0.2) is 64.8 Å². The number of ether oxygens (including phenoxy) is 2. The number of carbonyl (C=O) groups excluding carboxylic acids is 1. The molecular formula is C25H34N4O4S2. The van der Waals surface area contributed by atoms with Crippen LogP contribution in [0.5, 0.6) is 0 Å². The van der Waals surface area contributed by atoms with E-state index in [0.717, 1.165) is 12.2 Å². The van der Waals surface area contributed by atoms with Gasteiger partial charge in [-0.2, -0.15) is 5.26 Å². The summed E-state index contributed by atoms with van der Waals surface area (Å²) in [6, 6.07) is 2.10. The predicted molar refractivity (Wildman–Crippen MR) is 144 cm³/mol. The van der Waals surface area contributed by atoms with Crippen LogP contribution in [0.25, 0.3) is 6.08 Å². The van der Waals surface area contributed by atoms with Crippen LogP contribution in [0, 0.1) is 18.3 Å². The van der Waals surface area contributed by atoms with E-state index in [9.17, 15) is 14.9 Å². The van der Waals surface area contributed by atoms with E-state index in [1.54, 1.807) is 16.4 Å². The number of carbonyl (C=O) groups is 1. The number of amides is 1. The molecular weight excluding hydrogens is 484 g/mol. The third-order valence-electron chi connectivity index (χ3n) is 6.04. The fraction of sp³-hybridized carbons (Fsp3) is 0.600. The Labute approximate surface area is 216 Å². The van der Waals surface area contributed by atoms with Crippen LogP contribution >= 0.6 is 24.0 Å². The summed E-state index contributed by atoms with van der Waals surface area (Å²) in [5, 5.41) is 9.81. The van der Waals surface area contributed by atoms with Gasteiger partial charge in [0.25, 0.3) is 11.5 Å². The third-order valence-corrected chi connectivity index (χ3v) is 7.41. The van der Waals surface area contributed by atoms with Gasteiger partial charge >= 0.3 is 0 Å². The van der Waals surface area contributed by atoms with Crippen molar-refractivity contribution >= 4 is 46.1 Å². The summed E-state index contributed by atoms with van der Waals surface area (Å²) in [4.78, 5) is 30.8. The molecule has 2 fully saturated rings. The van der Waals surface area contributed by atoms with Crippen LogP contribution in [0.3, 0.4) is 0 Å². The van der Waals surface area contributed by atoms with Crippen molar-refractivity contribution in [2.75, 3.05) is 37.7 Å². The molecule has 0 bridgehead atoms. The smallest absolute Gasteiger partial charge is 0.270 e. The van der Waals surface area contributed by atoms with Gasteiger partial charge in [0.05, 0.1) is 17.1 Å². The second-order valence-corrected chi connectivity index (χ2v) is 10.5. The molecule has 3 rings (SSSR count). The number of hydrogen-bond acceptors (Lipinski definition) is 8. The number of aromatic nitrogens is 1. The van der Waals surface area contributed by atoms with Crippen LogP contribution in [0.2, 0.25) is 0 Å². The number of rotatable bonds is 9. The molecule has 2 unspecified atom stereocenters. The lowest BCUT2D eigenvalue weighted by Gasteiger charge is -2.39. The zero-order valence-corrected chi connectivity index (χ0v) is 22.8. The maximum atomic E-state index is 13.3. The molecule has 1 aromatic heterocycles. The molecule has 1 amide bonds. The molecule has 2 saturated heterocycles. The number of thiocarbonyl (C=S) groups is 1. The van der Waals surface area contributed by atoms with E-state index in [0.29, 0.717) is 66.2 Å². The fourth-order valence-corrected chi connectivity index (χ4v) is 5.85. The van der Waals surface area contributed by atoms with E-state index in [4.69, 9.17) is 21.7 Å². The maximum absolute atomic E-state index is 13.3.